The SMILES string of the molecule is O=C(c1csc2c1CCCC2)N1CCC[C@@H](c2ccno2)C1. The predicted octanol–water partition coefficient (Wildman–Crippen LogP) is 3.63. The Hall–Kier alpha value is -1.62. The molecule has 1 amide bonds. The third-order valence-corrected chi connectivity index (χ3v) is 5.95. The van der Waals surface area contributed by atoms with Crippen molar-refractivity contribution in [2.75, 3.05) is 13.1 Å². The van der Waals surface area contributed by atoms with Gasteiger partial charge in [-0.15, -0.1) is 11.3 Å². The van der Waals surface area contributed by atoms with Crippen LogP contribution in [-0.4, -0.2) is 29.1 Å². The number of fused-ring (bicyclic) bond motifs is 1. The number of aryl methyl sites for hydroxylation is 1. The van der Waals surface area contributed by atoms with E-state index in [-0.39, 0.29) is 11.8 Å². The number of hydrogen-bond acceptors (Lipinski definition) is 4. The van der Waals surface area contributed by atoms with Crippen LogP contribution in [0.15, 0.2) is 22.2 Å². The van der Waals surface area contributed by atoms with E-state index in [9.17, 15) is 4.79 Å². The first-order chi connectivity index (χ1) is 10.8. The smallest absolute Gasteiger partial charge is 0.255 e. The number of carbonyl (C=O) groups is 1. The molecule has 0 spiro atoms. The minimum absolute atomic E-state index is 0.212. The highest BCUT2D eigenvalue weighted by atomic mass is 32.1. The fourth-order valence-corrected chi connectivity index (χ4v) is 4.79. The first-order valence-corrected chi connectivity index (χ1v) is 9.00. The van der Waals surface area contributed by atoms with Crippen LogP contribution in [0.4, 0.5) is 0 Å². The normalized spacial score (nSPS) is 21.6. The highest BCUT2D eigenvalue weighted by molar-refractivity contribution is 7.10. The van der Waals surface area contributed by atoms with E-state index in [1.54, 1.807) is 17.5 Å². The summed E-state index contributed by atoms with van der Waals surface area (Å²) >= 11 is 1.77. The summed E-state index contributed by atoms with van der Waals surface area (Å²) in [7, 11) is 0. The average molecular weight is 316 g/mol. The summed E-state index contributed by atoms with van der Waals surface area (Å²) in [5, 5.41) is 5.88. The van der Waals surface area contributed by atoms with Gasteiger partial charge in [-0.1, -0.05) is 5.16 Å². The molecule has 2 aliphatic rings. The quantitative estimate of drug-likeness (QED) is 0.850. The van der Waals surface area contributed by atoms with E-state index in [2.05, 4.69) is 10.5 Å². The summed E-state index contributed by atoms with van der Waals surface area (Å²) in [5.74, 6) is 1.41. The summed E-state index contributed by atoms with van der Waals surface area (Å²) < 4.78 is 5.30. The molecule has 116 valence electrons. The van der Waals surface area contributed by atoms with Gasteiger partial charge in [0.15, 0.2) is 0 Å². The molecule has 1 fully saturated rings. The summed E-state index contributed by atoms with van der Waals surface area (Å²) in [6, 6.07) is 1.92. The van der Waals surface area contributed by atoms with Gasteiger partial charge >= 0.3 is 0 Å². The molecule has 4 nitrogen and oxygen atoms in total. The van der Waals surface area contributed by atoms with Crippen LogP contribution in [0, 0.1) is 0 Å². The van der Waals surface area contributed by atoms with Gasteiger partial charge in [-0.25, -0.2) is 0 Å². The van der Waals surface area contributed by atoms with Crippen molar-refractivity contribution < 1.29 is 9.32 Å². The Kier molecular flexibility index (Phi) is 3.74. The minimum atomic E-state index is 0.212. The van der Waals surface area contributed by atoms with Gasteiger partial charge in [-0.2, -0.15) is 0 Å². The molecule has 1 saturated heterocycles. The maximum Gasteiger partial charge on any atom is 0.255 e. The van der Waals surface area contributed by atoms with Crippen LogP contribution in [0.1, 0.15) is 58.2 Å². The third-order valence-electron chi connectivity index (χ3n) is 4.86. The van der Waals surface area contributed by atoms with E-state index in [4.69, 9.17) is 4.52 Å². The zero-order chi connectivity index (χ0) is 14.9. The molecular weight excluding hydrogens is 296 g/mol. The van der Waals surface area contributed by atoms with Crippen molar-refractivity contribution in [1.82, 2.24) is 10.1 Å². The van der Waals surface area contributed by atoms with Gasteiger partial charge in [0.2, 0.25) is 0 Å². The monoisotopic (exact) mass is 316 g/mol. The Morgan fingerprint density at radius 3 is 3.09 bits per heavy atom. The number of piperidine rings is 1. The molecule has 0 aromatic carbocycles. The lowest BCUT2D eigenvalue weighted by Gasteiger charge is -2.31. The van der Waals surface area contributed by atoms with Crippen LogP contribution in [0.5, 0.6) is 0 Å². The molecule has 0 saturated carbocycles. The van der Waals surface area contributed by atoms with Crippen molar-refractivity contribution >= 4 is 17.2 Å². The maximum absolute atomic E-state index is 12.9. The van der Waals surface area contributed by atoms with Gasteiger partial charge < -0.3 is 9.42 Å². The van der Waals surface area contributed by atoms with Gasteiger partial charge in [0.25, 0.3) is 5.91 Å². The number of nitrogens with zero attached hydrogens (tertiary/aromatic N) is 2. The predicted molar refractivity (Wildman–Crippen MR) is 85.3 cm³/mol. The average Bonchev–Trinajstić information content (AvgIpc) is 3.24. The molecule has 2 aromatic heterocycles. The van der Waals surface area contributed by atoms with Gasteiger partial charge in [0.1, 0.15) is 5.76 Å². The van der Waals surface area contributed by atoms with Gasteiger partial charge in [-0.3, -0.25) is 4.79 Å². The van der Waals surface area contributed by atoms with E-state index < -0.39 is 0 Å². The molecule has 0 bridgehead atoms. The molecule has 5 heteroatoms. The highest BCUT2D eigenvalue weighted by Gasteiger charge is 2.29. The van der Waals surface area contributed by atoms with Gasteiger partial charge in [-0.05, 0) is 44.1 Å². The Morgan fingerprint density at radius 1 is 1.32 bits per heavy atom. The fraction of sp³-hybridized carbons (Fsp3) is 0.529. The molecule has 3 heterocycles. The van der Waals surface area contributed by atoms with Crippen LogP contribution in [-0.2, 0) is 12.8 Å². The Morgan fingerprint density at radius 2 is 2.23 bits per heavy atom. The molecule has 4 rings (SSSR count). The number of thiophene rings is 1. The molecule has 1 aliphatic carbocycles. The Bertz CT molecular complexity index is 662. The van der Waals surface area contributed by atoms with Crippen molar-refractivity contribution in [3.05, 3.63) is 39.4 Å². The Labute approximate surface area is 134 Å². The van der Waals surface area contributed by atoms with Crippen LogP contribution in [0.25, 0.3) is 0 Å². The van der Waals surface area contributed by atoms with Crippen molar-refractivity contribution in [1.29, 1.82) is 0 Å². The summed E-state index contributed by atoms with van der Waals surface area (Å²) in [5.41, 5.74) is 2.28. The molecule has 2 aromatic rings. The lowest BCUT2D eigenvalue weighted by molar-refractivity contribution is 0.0697. The van der Waals surface area contributed by atoms with Crippen LogP contribution < -0.4 is 0 Å². The van der Waals surface area contributed by atoms with E-state index in [1.807, 2.05) is 11.0 Å². The first kappa shape index (κ1) is 14.0. The molecule has 0 N–H and O–H groups in total. The number of rotatable bonds is 2. The zero-order valence-electron chi connectivity index (χ0n) is 12.6. The minimum Gasteiger partial charge on any atom is -0.361 e. The number of hydrogen-bond donors (Lipinski definition) is 0. The highest BCUT2D eigenvalue weighted by Crippen LogP contribution is 2.33. The zero-order valence-corrected chi connectivity index (χ0v) is 13.4. The molecule has 1 aliphatic heterocycles. The summed E-state index contributed by atoms with van der Waals surface area (Å²) in [4.78, 5) is 16.4. The standard InChI is InChI=1S/C17H20N2O2S/c20-17(14-11-22-16-6-2-1-5-13(14)16)19-9-3-4-12(10-19)15-7-8-18-21-15/h7-8,11-12H,1-6,9-10H2/t12-/m1/s1. The van der Waals surface area contributed by atoms with E-state index in [0.29, 0.717) is 0 Å². The van der Waals surface area contributed by atoms with Gasteiger partial charge in [0, 0.05) is 35.3 Å². The van der Waals surface area contributed by atoms with Gasteiger partial charge in [0.05, 0.1) is 11.8 Å². The van der Waals surface area contributed by atoms with Crippen molar-refractivity contribution in [3.8, 4) is 0 Å². The van der Waals surface area contributed by atoms with E-state index in [0.717, 1.165) is 50.1 Å². The number of aromatic nitrogens is 1. The third kappa shape index (κ3) is 2.47. The van der Waals surface area contributed by atoms with Crippen LogP contribution in [0.2, 0.25) is 0 Å². The maximum atomic E-state index is 12.9. The topological polar surface area (TPSA) is 46.3 Å². The van der Waals surface area contributed by atoms with Crippen LogP contribution in [0.3, 0.4) is 0 Å². The lowest BCUT2D eigenvalue weighted by atomic mass is 9.93. The molecule has 1 atom stereocenters. The number of carbonyl (C=O) groups excluding carboxylic acids is 1. The second kappa shape index (κ2) is 5.88. The first-order valence-electron chi connectivity index (χ1n) is 8.12. The molecular formula is C17H20N2O2S. The van der Waals surface area contributed by atoms with Crippen LogP contribution >= 0.6 is 11.3 Å². The van der Waals surface area contributed by atoms with Crippen molar-refractivity contribution in [2.45, 2.75) is 44.4 Å². The fourth-order valence-electron chi connectivity index (χ4n) is 3.67. The number of amides is 1. The molecule has 0 radical (unpaired) electrons. The lowest BCUT2D eigenvalue weighted by Crippen LogP contribution is -2.39. The van der Waals surface area contributed by atoms with E-state index >= 15 is 0 Å². The second-order valence-electron chi connectivity index (χ2n) is 6.26. The van der Waals surface area contributed by atoms with E-state index in [1.165, 1.54) is 23.3 Å². The molecule has 0 unspecified atom stereocenters. The largest absolute Gasteiger partial charge is 0.361 e. The molecule has 22 heavy (non-hydrogen) atoms. The Balaban J connectivity index is 1.54. The summed E-state index contributed by atoms with van der Waals surface area (Å²) in [6.45, 7) is 1.60. The van der Waals surface area contributed by atoms with Crippen molar-refractivity contribution in [3.63, 3.8) is 0 Å². The van der Waals surface area contributed by atoms with Crippen molar-refractivity contribution in [2.24, 2.45) is 0 Å². The number of likely N-dealkylation sites (tertiary alicyclic amines) is 1. The summed E-state index contributed by atoms with van der Waals surface area (Å²) in [6.07, 6.45) is 8.48. The second-order valence-corrected chi connectivity index (χ2v) is 7.23.